The summed E-state index contributed by atoms with van der Waals surface area (Å²) in [5, 5.41) is 0.462. The highest BCUT2D eigenvalue weighted by Gasteiger charge is 1.92. The van der Waals surface area contributed by atoms with E-state index in [2.05, 4.69) is 0 Å². The lowest BCUT2D eigenvalue weighted by Crippen LogP contribution is -1.74. The Kier molecular flexibility index (Phi) is 3.03. The van der Waals surface area contributed by atoms with E-state index < -0.39 is 0 Å². The summed E-state index contributed by atoms with van der Waals surface area (Å²) in [6.45, 7) is 0. The van der Waals surface area contributed by atoms with Crippen molar-refractivity contribution < 1.29 is 4.39 Å². The standard InChI is InChI=1S/C7H6ClFS/c8-5-10-7-3-1-2-6(9)4-7/h1-4H,5H2. The Morgan fingerprint density at radius 1 is 1.50 bits per heavy atom. The monoisotopic (exact) mass is 176 g/mol. The molecule has 0 unspecified atom stereocenters. The van der Waals surface area contributed by atoms with Gasteiger partial charge in [0.1, 0.15) is 5.82 Å². The molecule has 0 aliphatic rings. The van der Waals surface area contributed by atoms with Crippen LogP contribution in [-0.4, -0.2) is 5.21 Å². The average Bonchev–Trinajstić information content (AvgIpc) is 1.88. The molecule has 0 fully saturated rings. The summed E-state index contributed by atoms with van der Waals surface area (Å²) in [6, 6.07) is 6.38. The molecular formula is C7H6ClFS. The molecule has 0 bridgehead atoms. The molecule has 0 spiro atoms. The number of benzene rings is 1. The van der Waals surface area contributed by atoms with Gasteiger partial charge in [-0.25, -0.2) is 4.39 Å². The van der Waals surface area contributed by atoms with Gasteiger partial charge in [0.2, 0.25) is 0 Å². The molecule has 0 aliphatic heterocycles. The first-order valence-electron chi connectivity index (χ1n) is 2.77. The third-order valence-corrected chi connectivity index (χ3v) is 2.04. The maximum atomic E-state index is 12.4. The molecule has 0 atom stereocenters. The van der Waals surface area contributed by atoms with Crippen molar-refractivity contribution >= 4 is 23.4 Å². The summed E-state index contributed by atoms with van der Waals surface area (Å²) in [5.41, 5.74) is 0. The van der Waals surface area contributed by atoms with Gasteiger partial charge in [-0.1, -0.05) is 6.07 Å². The fourth-order valence-corrected chi connectivity index (χ4v) is 1.49. The van der Waals surface area contributed by atoms with Crippen molar-refractivity contribution in [2.45, 2.75) is 4.90 Å². The van der Waals surface area contributed by atoms with Gasteiger partial charge >= 0.3 is 0 Å². The summed E-state index contributed by atoms with van der Waals surface area (Å²) in [5.74, 6) is -0.213. The maximum absolute atomic E-state index is 12.4. The molecule has 0 aliphatic carbocycles. The highest BCUT2D eigenvalue weighted by Crippen LogP contribution is 2.18. The van der Waals surface area contributed by atoms with Gasteiger partial charge in [0.05, 0.1) is 5.21 Å². The molecule has 0 heterocycles. The Balaban J connectivity index is 2.75. The molecule has 54 valence electrons. The third kappa shape index (κ3) is 2.20. The number of hydrogen-bond donors (Lipinski definition) is 0. The molecular weight excluding hydrogens is 171 g/mol. The highest BCUT2D eigenvalue weighted by atomic mass is 35.5. The minimum absolute atomic E-state index is 0.213. The van der Waals surface area contributed by atoms with Gasteiger partial charge in [-0.05, 0) is 18.2 Å². The van der Waals surface area contributed by atoms with Gasteiger partial charge in [-0.15, -0.1) is 23.4 Å². The average molecular weight is 177 g/mol. The number of alkyl halides is 1. The first-order chi connectivity index (χ1) is 4.83. The maximum Gasteiger partial charge on any atom is 0.124 e. The molecule has 10 heavy (non-hydrogen) atoms. The van der Waals surface area contributed by atoms with Crippen LogP contribution in [-0.2, 0) is 0 Å². The Labute approximate surface area is 68.4 Å². The van der Waals surface area contributed by atoms with Gasteiger partial charge in [0, 0.05) is 4.90 Å². The molecule has 0 saturated heterocycles. The van der Waals surface area contributed by atoms with Crippen LogP contribution < -0.4 is 0 Å². The van der Waals surface area contributed by atoms with Crippen molar-refractivity contribution in [1.82, 2.24) is 0 Å². The fourth-order valence-electron chi connectivity index (χ4n) is 0.620. The largest absolute Gasteiger partial charge is 0.207 e. The molecule has 0 aromatic heterocycles. The summed E-state index contributed by atoms with van der Waals surface area (Å²) in [6.07, 6.45) is 0. The molecule has 1 rings (SSSR count). The van der Waals surface area contributed by atoms with E-state index in [4.69, 9.17) is 11.6 Å². The quantitative estimate of drug-likeness (QED) is 0.493. The van der Waals surface area contributed by atoms with E-state index in [1.807, 2.05) is 6.07 Å². The smallest absolute Gasteiger partial charge is 0.124 e. The van der Waals surface area contributed by atoms with E-state index in [-0.39, 0.29) is 5.82 Å². The predicted octanol–water partition coefficient (Wildman–Crippen LogP) is 3.11. The van der Waals surface area contributed by atoms with Gasteiger partial charge in [-0.2, -0.15) is 0 Å². The summed E-state index contributed by atoms with van der Waals surface area (Å²) < 4.78 is 12.4. The third-order valence-electron chi connectivity index (χ3n) is 1.02. The van der Waals surface area contributed by atoms with Crippen LogP contribution in [0, 0.1) is 5.82 Å². The number of rotatable bonds is 2. The molecule has 1 aromatic carbocycles. The molecule has 1 aromatic rings. The van der Waals surface area contributed by atoms with Crippen LogP contribution in [0.3, 0.4) is 0 Å². The molecule has 0 amide bonds. The highest BCUT2D eigenvalue weighted by molar-refractivity contribution is 8.00. The summed E-state index contributed by atoms with van der Waals surface area (Å²) >= 11 is 6.84. The van der Waals surface area contributed by atoms with Crippen molar-refractivity contribution in [3.63, 3.8) is 0 Å². The van der Waals surface area contributed by atoms with Crippen molar-refractivity contribution in [2.24, 2.45) is 0 Å². The minimum Gasteiger partial charge on any atom is -0.207 e. The van der Waals surface area contributed by atoms with E-state index in [1.54, 1.807) is 6.07 Å². The Bertz CT molecular complexity index is 215. The van der Waals surface area contributed by atoms with Crippen LogP contribution in [0.25, 0.3) is 0 Å². The fraction of sp³-hybridized carbons (Fsp3) is 0.143. The van der Waals surface area contributed by atoms with Gasteiger partial charge in [0.25, 0.3) is 0 Å². The first kappa shape index (κ1) is 7.89. The van der Waals surface area contributed by atoms with Crippen LogP contribution in [0.5, 0.6) is 0 Å². The van der Waals surface area contributed by atoms with E-state index in [9.17, 15) is 4.39 Å². The van der Waals surface area contributed by atoms with Crippen molar-refractivity contribution in [3.8, 4) is 0 Å². The van der Waals surface area contributed by atoms with E-state index in [0.29, 0.717) is 5.21 Å². The zero-order valence-electron chi connectivity index (χ0n) is 5.18. The van der Waals surface area contributed by atoms with E-state index in [0.717, 1.165) is 4.90 Å². The van der Waals surface area contributed by atoms with Crippen molar-refractivity contribution in [3.05, 3.63) is 30.1 Å². The summed E-state index contributed by atoms with van der Waals surface area (Å²) in [7, 11) is 0. The van der Waals surface area contributed by atoms with Gasteiger partial charge < -0.3 is 0 Å². The van der Waals surface area contributed by atoms with Gasteiger partial charge in [-0.3, -0.25) is 0 Å². The number of halogens is 2. The Morgan fingerprint density at radius 3 is 2.90 bits per heavy atom. The lowest BCUT2D eigenvalue weighted by Gasteiger charge is -1.94. The molecule has 3 heteroatoms. The second kappa shape index (κ2) is 3.84. The predicted molar refractivity (Wildman–Crippen MR) is 43.0 cm³/mol. The van der Waals surface area contributed by atoms with Crippen LogP contribution >= 0.6 is 23.4 Å². The number of thioether (sulfide) groups is 1. The van der Waals surface area contributed by atoms with Crippen molar-refractivity contribution in [1.29, 1.82) is 0 Å². The van der Waals surface area contributed by atoms with Crippen LogP contribution in [0.15, 0.2) is 29.2 Å². The van der Waals surface area contributed by atoms with Gasteiger partial charge in [0.15, 0.2) is 0 Å². The van der Waals surface area contributed by atoms with Crippen LogP contribution in [0.4, 0.5) is 4.39 Å². The zero-order chi connectivity index (χ0) is 7.40. The SMILES string of the molecule is Fc1cccc(SCCl)c1. The molecule has 0 nitrogen and oxygen atoms in total. The van der Waals surface area contributed by atoms with Crippen LogP contribution in [0.1, 0.15) is 0 Å². The Morgan fingerprint density at radius 2 is 2.30 bits per heavy atom. The summed E-state index contributed by atoms with van der Waals surface area (Å²) in [4.78, 5) is 0.870. The zero-order valence-corrected chi connectivity index (χ0v) is 6.75. The molecule has 0 N–H and O–H groups in total. The van der Waals surface area contributed by atoms with E-state index >= 15 is 0 Å². The molecule has 0 radical (unpaired) electrons. The lowest BCUT2D eigenvalue weighted by atomic mass is 10.4. The van der Waals surface area contributed by atoms with Crippen LogP contribution in [0.2, 0.25) is 0 Å². The van der Waals surface area contributed by atoms with Crippen molar-refractivity contribution in [2.75, 3.05) is 5.21 Å². The minimum atomic E-state index is -0.213. The second-order valence-corrected chi connectivity index (χ2v) is 3.34. The first-order valence-corrected chi connectivity index (χ1v) is 4.29. The number of hydrogen-bond acceptors (Lipinski definition) is 1. The normalized spacial score (nSPS) is 9.80. The van der Waals surface area contributed by atoms with E-state index in [1.165, 1.54) is 23.9 Å². The lowest BCUT2D eigenvalue weighted by molar-refractivity contribution is 0.624. The molecule has 0 saturated carbocycles. The Hall–Kier alpha value is -0.210. The second-order valence-electron chi connectivity index (χ2n) is 1.71. The topological polar surface area (TPSA) is 0 Å².